The Morgan fingerprint density at radius 1 is 1.23 bits per heavy atom. The topological polar surface area (TPSA) is 72.2 Å². The molecule has 0 bridgehead atoms. The third-order valence-electron chi connectivity index (χ3n) is 3.28. The Morgan fingerprint density at radius 2 is 1.91 bits per heavy atom. The Bertz CT molecular complexity index is 699. The second-order valence-electron chi connectivity index (χ2n) is 4.86. The molecule has 2 aromatic rings. The molecule has 0 spiro atoms. The zero-order chi connectivity index (χ0) is 16.1. The van der Waals surface area contributed by atoms with Crippen LogP contribution in [0.3, 0.4) is 0 Å². The fourth-order valence-electron chi connectivity index (χ4n) is 2.15. The van der Waals surface area contributed by atoms with Gasteiger partial charge in [-0.25, -0.2) is 4.39 Å². The Kier molecular flexibility index (Phi) is 4.83. The maximum absolute atomic E-state index is 12.8. The van der Waals surface area contributed by atoms with E-state index in [0.717, 1.165) is 5.56 Å². The highest BCUT2D eigenvalue weighted by Gasteiger charge is 2.21. The highest BCUT2D eigenvalue weighted by atomic mass is 19.1. The van der Waals surface area contributed by atoms with E-state index in [0.29, 0.717) is 18.5 Å². The van der Waals surface area contributed by atoms with Crippen molar-refractivity contribution < 1.29 is 14.1 Å². The molecule has 0 aliphatic heterocycles. The Hall–Kier alpha value is -2.76. The van der Waals surface area contributed by atoms with Crippen LogP contribution in [0.25, 0.3) is 0 Å². The lowest BCUT2D eigenvalue weighted by Gasteiger charge is -2.07. The van der Waals surface area contributed by atoms with Crippen LogP contribution in [0, 0.1) is 22.9 Å². The van der Waals surface area contributed by atoms with Gasteiger partial charge in [0, 0.05) is 12.1 Å². The number of carbonyl (C=O) groups excluding carboxylic acids is 1. The molecule has 0 saturated carbocycles. The van der Waals surface area contributed by atoms with Crippen molar-refractivity contribution >= 4 is 11.6 Å². The monoisotopic (exact) mass is 302 g/mol. The van der Waals surface area contributed by atoms with E-state index < -0.39 is 10.8 Å². The molecule has 0 saturated heterocycles. The fourth-order valence-corrected chi connectivity index (χ4v) is 2.15. The minimum Gasteiger partial charge on any atom is -0.351 e. The molecule has 22 heavy (non-hydrogen) atoms. The average Bonchev–Trinajstić information content (AvgIpc) is 2.48. The number of amides is 1. The van der Waals surface area contributed by atoms with Crippen LogP contribution in [-0.4, -0.2) is 17.4 Å². The second kappa shape index (κ2) is 6.80. The van der Waals surface area contributed by atoms with Crippen LogP contribution < -0.4 is 5.32 Å². The van der Waals surface area contributed by atoms with Gasteiger partial charge >= 0.3 is 0 Å². The molecule has 0 aromatic heterocycles. The van der Waals surface area contributed by atoms with Crippen molar-refractivity contribution in [2.45, 2.75) is 13.3 Å². The minimum absolute atomic E-state index is 0.0455. The summed E-state index contributed by atoms with van der Waals surface area (Å²) >= 11 is 0. The van der Waals surface area contributed by atoms with Gasteiger partial charge < -0.3 is 5.32 Å². The number of benzene rings is 2. The predicted octanol–water partition coefficient (Wildman–Crippen LogP) is 3.01. The molecule has 5 nitrogen and oxygen atoms in total. The molecule has 0 atom stereocenters. The fraction of sp³-hybridized carbons (Fsp3) is 0.188. The molecule has 114 valence electrons. The SMILES string of the molecule is Cc1cccc(C(=O)NCCc2ccc(F)cc2)c1[N+](=O)[O-]. The lowest BCUT2D eigenvalue weighted by atomic mass is 10.1. The molecule has 2 aromatic carbocycles. The van der Waals surface area contributed by atoms with E-state index in [1.165, 1.54) is 18.2 Å². The maximum Gasteiger partial charge on any atom is 0.285 e. The molecule has 0 radical (unpaired) electrons. The first-order valence-corrected chi connectivity index (χ1v) is 6.75. The summed E-state index contributed by atoms with van der Waals surface area (Å²) in [5, 5.41) is 13.7. The number of hydrogen-bond donors (Lipinski definition) is 1. The molecule has 6 heteroatoms. The highest BCUT2D eigenvalue weighted by molar-refractivity contribution is 5.98. The number of nitro benzene ring substituents is 1. The lowest BCUT2D eigenvalue weighted by molar-refractivity contribution is -0.385. The van der Waals surface area contributed by atoms with Gasteiger partial charge in [-0.1, -0.05) is 24.3 Å². The summed E-state index contributed by atoms with van der Waals surface area (Å²) in [6.07, 6.45) is 0.519. The lowest BCUT2D eigenvalue weighted by Crippen LogP contribution is -2.26. The van der Waals surface area contributed by atoms with Crippen LogP contribution >= 0.6 is 0 Å². The molecule has 1 N–H and O–H groups in total. The van der Waals surface area contributed by atoms with Gasteiger partial charge in [0.1, 0.15) is 11.4 Å². The number of halogens is 1. The van der Waals surface area contributed by atoms with Crippen molar-refractivity contribution in [2.75, 3.05) is 6.54 Å². The van der Waals surface area contributed by atoms with Gasteiger partial charge in [0.05, 0.1) is 4.92 Å². The van der Waals surface area contributed by atoms with Crippen LogP contribution in [0.4, 0.5) is 10.1 Å². The van der Waals surface area contributed by atoms with Gasteiger partial charge in [0.25, 0.3) is 11.6 Å². The zero-order valence-electron chi connectivity index (χ0n) is 12.0. The first kappa shape index (κ1) is 15.6. The molecule has 0 unspecified atom stereocenters. The molecule has 2 rings (SSSR count). The number of nitrogens with zero attached hydrogens (tertiary/aromatic N) is 1. The number of nitrogens with one attached hydrogen (secondary N) is 1. The largest absolute Gasteiger partial charge is 0.351 e. The third kappa shape index (κ3) is 3.66. The summed E-state index contributed by atoms with van der Waals surface area (Å²) in [5.41, 5.74) is 1.18. The van der Waals surface area contributed by atoms with Crippen molar-refractivity contribution in [1.82, 2.24) is 5.32 Å². The zero-order valence-corrected chi connectivity index (χ0v) is 12.0. The molecule has 0 fully saturated rings. The van der Waals surface area contributed by atoms with Crippen LogP contribution in [-0.2, 0) is 6.42 Å². The third-order valence-corrected chi connectivity index (χ3v) is 3.28. The molecular weight excluding hydrogens is 287 g/mol. The standard InChI is InChI=1S/C16H15FN2O3/c1-11-3-2-4-14(15(11)19(21)22)16(20)18-10-9-12-5-7-13(17)8-6-12/h2-8H,9-10H2,1H3,(H,18,20). The van der Waals surface area contributed by atoms with E-state index in [1.807, 2.05) is 0 Å². The number of aryl methyl sites for hydroxylation is 1. The van der Waals surface area contributed by atoms with E-state index >= 15 is 0 Å². The molecule has 0 aliphatic carbocycles. The van der Waals surface area contributed by atoms with Crippen molar-refractivity contribution in [2.24, 2.45) is 0 Å². The number of carbonyl (C=O) groups is 1. The van der Waals surface area contributed by atoms with Crippen molar-refractivity contribution in [3.8, 4) is 0 Å². The van der Waals surface area contributed by atoms with E-state index in [9.17, 15) is 19.3 Å². The predicted molar refractivity (Wildman–Crippen MR) is 80.3 cm³/mol. The smallest absolute Gasteiger partial charge is 0.285 e. The summed E-state index contributed by atoms with van der Waals surface area (Å²) in [6.45, 7) is 1.91. The molecule has 0 aliphatic rings. The summed E-state index contributed by atoms with van der Waals surface area (Å²) < 4.78 is 12.8. The maximum atomic E-state index is 12.8. The minimum atomic E-state index is -0.551. The molecule has 0 heterocycles. The van der Waals surface area contributed by atoms with Gasteiger partial charge in [-0.3, -0.25) is 14.9 Å². The van der Waals surface area contributed by atoms with Gasteiger partial charge in [-0.2, -0.15) is 0 Å². The first-order chi connectivity index (χ1) is 10.5. The molecular formula is C16H15FN2O3. The summed E-state index contributed by atoms with van der Waals surface area (Å²) in [5.74, 6) is -0.805. The second-order valence-corrected chi connectivity index (χ2v) is 4.86. The number of rotatable bonds is 5. The summed E-state index contributed by atoms with van der Waals surface area (Å²) in [6, 6.07) is 10.6. The highest BCUT2D eigenvalue weighted by Crippen LogP contribution is 2.22. The van der Waals surface area contributed by atoms with Crippen molar-refractivity contribution in [3.63, 3.8) is 0 Å². The summed E-state index contributed by atoms with van der Waals surface area (Å²) in [4.78, 5) is 22.6. The number of nitro groups is 1. The quantitative estimate of drug-likeness (QED) is 0.681. The van der Waals surface area contributed by atoms with Crippen molar-refractivity contribution in [1.29, 1.82) is 0 Å². The average molecular weight is 302 g/mol. The van der Waals surface area contributed by atoms with Gasteiger partial charge in [-0.05, 0) is 37.1 Å². The number of hydrogen-bond acceptors (Lipinski definition) is 3. The van der Waals surface area contributed by atoms with E-state index in [-0.39, 0.29) is 17.1 Å². The van der Waals surface area contributed by atoms with E-state index in [2.05, 4.69) is 5.32 Å². The van der Waals surface area contributed by atoms with E-state index in [1.54, 1.807) is 31.2 Å². The van der Waals surface area contributed by atoms with Crippen LogP contribution in [0.1, 0.15) is 21.5 Å². The Morgan fingerprint density at radius 3 is 2.55 bits per heavy atom. The van der Waals surface area contributed by atoms with Gasteiger partial charge in [-0.15, -0.1) is 0 Å². The summed E-state index contributed by atoms with van der Waals surface area (Å²) in [7, 11) is 0. The number of para-hydroxylation sites is 1. The van der Waals surface area contributed by atoms with Crippen LogP contribution in [0.15, 0.2) is 42.5 Å². The first-order valence-electron chi connectivity index (χ1n) is 6.75. The van der Waals surface area contributed by atoms with Gasteiger partial charge in [0.15, 0.2) is 0 Å². The Labute approximate surface area is 126 Å². The van der Waals surface area contributed by atoms with Crippen LogP contribution in [0.5, 0.6) is 0 Å². The molecule has 1 amide bonds. The van der Waals surface area contributed by atoms with Gasteiger partial charge in [0.2, 0.25) is 0 Å². The Balaban J connectivity index is 2.02. The van der Waals surface area contributed by atoms with Crippen molar-refractivity contribution in [3.05, 3.63) is 75.1 Å². The van der Waals surface area contributed by atoms with E-state index in [4.69, 9.17) is 0 Å². The van der Waals surface area contributed by atoms with Crippen LogP contribution in [0.2, 0.25) is 0 Å². The normalized spacial score (nSPS) is 10.3.